The summed E-state index contributed by atoms with van der Waals surface area (Å²) < 4.78 is 19.4. The van der Waals surface area contributed by atoms with Gasteiger partial charge in [0.05, 0.1) is 29.5 Å². The Morgan fingerprint density at radius 2 is 1.72 bits per heavy atom. The second-order valence-electron chi connectivity index (χ2n) is 7.54. The van der Waals surface area contributed by atoms with E-state index >= 15 is 0 Å². The molecule has 2 heterocycles. The van der Waals surface area contributed by atoms with Gasteiger partial charge in [-0.25, -0.2) is 14.4 Å². The van der Waals surface area contributed by atoms with Crippen LogP contribution in [-0.2, 0) is 14.4 Å². The third-order valence-corrected chi connectivity index (χ3v) is 6.03. The number of benzene rings is 3. The van der Waals surface area contributed by atoms with E-state index in [9.17, 15) is 14.0 Å². The first kappa shape index (κ1) is 20.5. The molecule has 3 atom stereocenters. The van der Waals surface area contributed by atoms with Crippen LogP contribution in [0.5, 0.6) is 5.75 Å². The monoisotopic (exact) mass is 452 g/mol. The number of para-hydroxylation sites is 1. The molecular formula is C24H18ClFN2O4. The van der Waals surface area contributed by atoms with E-state index in [0.29, 0.717) is 11.4 Å². The summed E-state index contributed by atoms with van der Waals surface area (Å²) in [6.45, 7) is 0. The number of fused-ring (bicyclic) bond motifs is 1. The van der Waals surface area contributed by atoms with Crippen molar-refractivity contribution in [2.75, 3.05) is 17.1 Å². The molecule has 2 aliphatic rings. The van der Waals surface area contributed by atoms with Crippen LogP contribution in [-0.4, -0.2) is 25.0 Å². The van der Waals surface area contributed by atoms with Gasteiger partial charge >= 0.3 is 0 Å². The van der Waals surface area contributed by atoms with Gasteiger partial charge in [0.1, 0.15) is 17.5 Å². The van der Waals surface area contributed by atoms with Gasteiger partial charge in [0, 0.05) is 0 Å². The van der Waals surface area contributed by atoms with Gasteiger partial charge in [0.2, 0.25) is 5.91 Å². The molecule has 6 nitrogen and oxygen atoms in total. The highest BCUT2D eigenvalue weighted by molar-refractivity contribution is 6.31. The predicted molar refractivity (Wildman–Crippen MR) is 117 cm³/mol. The third kappa shape index (κ3) is 3.21. The normalized spacial score (nSPS) is 22.4. The van der Waals surface area contributed by atoms with E-state index in [0.717, 1.165) is 16.5 Å². The molecule has 2 fully saturated rings. The van der Waals surface area contributed by atoms with E-state index < -0.39 is 35.7 Å². The number of amides is 2. The molecule has 3 aromatic carbocycles. The van der Waals surface area contributed by atoms with E-state index in [4.69, 9.17) is 21.2 Å². The Kier molecular flexibility index (Phi) is 5.07. The SMILES string of the molecule is COc1cccc([C@H]2[C@H]3C(=O)N(c4ccc(Cl)c(F)c4)C(=O)[C@H]3ON2c2ccccc2)c1. The average molecular weight is 453 g/mol. The van der Waals surface area contributed by atoms with Crippen LogP contribution in [0.2, 0.25) is 5.02 Å². The van der Waals surface area contributed by atoms with Gasteiger partial charge in [-0.05, 0) is 48.0 Å². The quantitative estimate of drug-likeness (QED) is 0.544. The van der Waals surface area contributed by atoms with E-state index in [-0.39, 0.29) is 10.7 Å². The first-order valence-electron chi connectivity index (χ1n) is 9.97. The molecule has 0 radical (unpaired) electrons. The number of methoxy groups -OCH3 is 1. The van der Waals surface area contributed by atoms with Crippen molar-refractivity contribution in [1.29, 1.82) is 0 Å². The van der Waals surface area contributed by atoms with Crippen molar-refractivity contribution >= 4 is 34.8 Å². The third-order valence-electron chi connectivity index (χ3n) is 5.72. The molecule has 0 aromatic heterocycles. The lowest BCUT2D eigenvalue weighted by Crippen LogP contribution is -2.37. The van der Waals surface area contributed by atoms with Crippen molar-refractivity contribution in [1.82, 2.24) is 0 Å². The van der Waals surface area contributed by atoms with Crippen molar-refractivity contribution < 1.29 is 23.6 Å². The Bertz CT molecular complexity index is 1210. The number of carbonyl (C=O) groups excluding carboxylic acids is 2. The number of anilines is 2. The summed E-state index contributed by atoms with van der Waals surface area (Å²) in [6, 6.07) is 19.8. The Balaban J connectivity index is 1.59. The topological polar surface area (TPSA) is 59.1 Å². The number of nitrogens with zero attached hydrogens (tertiary/aromatic N) is 2. The molecule has 0 aliphatic carbocycles. The maximum Gasteiger partial charge on any atom is 0.266 e. The van der Waals surface area contributed by atoms with Crippen molar-refractivity contribution in [3.8, 4) is 5.75 Å². The molecule has 2 aliphatic heterocycles. The number of ether oxygens (including phenoxy) is 1. The summed E-state index contributed by atoms with van der Waals surface area (Å²) in [5.41, 5.74) is 1.58. The molecule has 0 bridgehead atoms. The van der Waals surface area contributed by atoms with Crippen LogP contribution in [0, 0.1) is 11.7 Å². The summed E-state index contributed by atoms with van der Waals surface area (Å²) in [4.78, 5) is 33.8. The minimum Gasteiger partial charge on any atom is -0.497 e. The molecular weight excluding hydrogens is 435 g/mol. The molecule has 5 rings (SSSR count). The molecule has 3 aromatic rings. The Morgan fingerprint density at radius 3 is 2.44 bits per heavy atom. The van der Waals surface area contributed by atoms with Crippen molar-refractivity contribution in [3.05, 3.63) is 89.2 Å². The summed E-state index contributed by atoms with van der Waals surface area (Å²) >= 11 is 5.77. The van der Waals surface area contributed by atoms with Crippen LogP contribution in [0.1, 0.15) is 11.6 Å². The summed E-state index contributed by atoms with van der Waals surface area (Å²) in [7, 11) is 1.56. The summed E-state index contributed by atoms with van der Waals surface area (Å²) in [5.74, 6) is -1.93. The fourth-order valence-corrected chi connectivity index (χ4v) is 4.37. The molecule has 2 amide bonds. The zero-order chi connectivity index (χ0) is 22.4. The molecule has 0 unspecified atom stereocenters. The number of rotatable bonds is 4. The number of hydrogen-bond acceptors (Lipinski definition) is 5. The highest BCUT2D eigenvalue weighted by atomic mass is 35.5. The van der Waals surface area contributed by atoms with Gasteiger partial charge in [-0.15, -0.1) is 0 Å². The van der Waals surface area contributed by atoms with Crippen LogP contribution >= 0.6 is 11.6 Å². The van der Waals surface area contributed by atoms with Crippen molar-refractivity contribution in [3.63, 3.8) is 0 Å². The van der Waals surface area contributed by atoms with Gasteiger partial charge in [0.25, 0.3) is 5.91 Å². The maximum absolute atomic E-state index is 14.1. The summed E-state index contributed by atoms with van der Waals surface area (Å²) in [5, 5.41) is 1.51. The number of halogens is 2. The number of hydrogen-bond donors (Lipinski definition) is 0. The van der Waals surface area contributed by atoms with Gasteiger partial charge in [-0.2, -0.15) is 0 Å². The molecule has 8 heteroatoms. The zero-order valence-electron chi connectivity index (χ0n) is 16.9. The molecule has 0 saturated carbocycles. The van der Waals surface area contributed by atoms with E-state index in [1.165, 1.54) is 12.1 Å². The smallest absolute Gasteiger partial charge is 0.266 e. The fraction of sp³-hybridized carbons (Fsp3) is 0.167. The Hall–Kier alpha value is -3.42. The average Bonchev–Trinajstić information content (AvgIpc) is 3.32. The number of imide groups is 1. The van der Waals surface area contributed by atoms with Gasteiger partial charge in [-0.1, -0.05) is 41.9 Å². The lowest BCUT2D eigenvalue weighted by molar-refractivity contribution is -0.126. The van der Waals surface area contributed by atoms with Gasteiger partial charge < -0.3 is 4.74 Å². The molecule has 162 valence electrons. The van der Waals surface area contributed by atoms with Crippen LogP contribution < -0.4 is 14.7 Å². The molecule has 0 spiro atoms. The van der Waals surface area contributed by atoms with E-state index in [2.05, 4.69) is 0 Å². The van der Waals surface area contributed by atoms with Crippen LogP contribution in [0.4, 0.5) is 15.8 Å². The Labute approximate surface area is 188 Å². The second kappa shape index (κ2) is 7.93. The van der Waals surface area contributed by atoms with Crippen molar-refractivity contribution in [2.24, 2.45) is 5.92 Å². The fourth-order valence-electron chi connectivity index (χ4n) is 4.26. The van der Waals surface area contributed by atoms with Crippen LogP contribution in [0.3, 0.4) is 0 Å². The van der Waals surface area contributed by atoms with Crippen LogP contribution in [0.15, 0.2) is 72.8 Å². The lowest BCUT2D eigenvalue weighted by Gasteiger charge is -2.29. The number of carbonyl (C=O) groups is 2. The van der Waals surface area contributed by atoms with Gasteiger partial charge in [-0.3, -0.25) is 14.4 Å². The molecule has 0 N–H and O–H groups in total. The van der Waals surface area contributed by atoms with Gasteiger partial charge in [0.15, 0.2) is 6.10 Å². The molecule has 2 saturated heterocycles. The highest BCUT2D eigenvalue weighted by Crippen LogP contribution is 2.48. The molecule has 32 heavy (non-hydrogen) atoms. The summed E-state index contributed by atoms with van der Waals surface area (Å²) in [6.07, 6.45) is -1.04. The standard InChI is InChI=1S/C24H18ClFN2O4/c1-31-17-9-5-6-14(12-17)21-20-22(32-28(21)15-7-3-2-4-8-15)24(30)27(23(20)29)16-10-11-18(25)19(26)13-16/h2-13,20-22H,1H3/t20-,21+,22+/m1/s1. The maximum atomic E-state index is 14.1. The lowest BCUT2D eigenvalue weighted by atomic mass is 9.90. The minimum atomic E-state index is -1.04. The first-order valence-corrected chi connectivity index (χ1v) is 10.4. The number of hydroxylamine groups is 1. The zero-order valence-corrected chi connectivity index (χ0v) is 17.7. The van der Waals surface area contributed by atoms with E-state index in [1.54, 1.807) is 18.2 Å². The van der Waals surface area contributed by atoms with Crippen molar-refractivity contribution in [2.45, 2.75) is 12.1 Å². The first-order chi connectivity index (χ1) is 15.5. The minimum absolute atomic E-state index is 0.0891. The second-order valence-corrected chi connectivity index (χ2v) is 7.95. The predicted octanol–water partition coefficient (Wildman–Crippen LogP) is 4.54. The van der Waals surface area contributed by atoms with E-state index in [1.807, 2.05) is 48.5 Å². The van der Waals surface area contributed by atoms with Crippen LogP contribution in [0.25, 0.3) is 0 Å². The Morgan fingerprint density at radius 1 is 0.938 bits per heavy atom. The highest BCUT2D eigenvalue weighted by Gasteiger charge is 2.60. The largest absolute Gasteiger partial charge is 0.497 e.